The lowest BCUT2D eigenvalue weighted by Crippen LogP contribution is -2.45. The molecule has 0 saturated heterocycles. The molecule has 0 heterocycles. The molecule has 0 aromatic carbocycles. The summed E-state index contributed by atoms with van der Waals surface area (Å²) in [7, 11) is 0. The third-order valence-corrected chi connectivity index (χ3v) is 3.65. The third-order valence-electron chi connectivity index (χ3n) is 3.65. The van der Waals surface area contributed by atoms with Gasteiger partial charge in [-0.15, -0.1) is 6.58 Å². The Kier molecular flexibility index (Phi) is 4.14. The third kappa shape index (κ3) is 2.82. The molecule has 0 aromatic heterocycles. The maximum Gasteiger partial charge on any atom is 0.0267 e. The summed E-state index contributed by atoms with van der Waals surface area (Å²) in [6.07, 6.45) is 7.58. The first-order valence-corrected chi connectivity index (χ1v) is 5.69. The van der Waals surface area contributed by atoms with Crippen molar-refractivity contribution in [1.82, 2.24) is 5.43 Å². The Hall–Kier alpha value is -0.340. The highest BCUT2D eigenvalue weighted by Gasteiger charge is 2.35. The first-order valence-electron chi connectivity index (χ1n) is 5.69. The molecule has 1 rings (SSSR count). The van der Waals surface area contributed by atoms with E-state index in [2.05, 4.69) is 25.9 Å². The Labute approximate surface area is 87.9 Å². The van der Waals surface area contributed by atoms with Crippen LogP contribution in [0.25, 0.3) is 0 Å². The number of hydrazine groups is 1. The van der Waals surface area contributed by atoms with Gasteiger partial charge in [-0.2, -0.15) is 0 Å². The Morgan fingerprint density at radius 3 is 2.50 bits per heavy atom. The molecule has 0 aromatic rings. The van der Waals surface area contributed by atoms with E-state index in [1.165, 1.54) is 31.3 Å². The van der Waals surface area contributed by atoms with Crippen molar-refractivity contribution >= 4 is 0 Å². The number of allylic oxidation sites excluding steroid dienone is 1. The summed E-state index contributed by atoms with van der Waals surface area (Å²) in [6, 6.07) is 0.460. The highest BCUT2D eigenvalue weighted by Crippen LogP contribution is 2.41. The van der Waals surface area contributed by atoms with Gasteiger partial charge in [-0.05, 0) is 38.0 Å². The zero-order valence-electron chi connectivity index (χ0n) is 9.60. The molecule has 1 saturated carbocycles. The van der Waals surface area contributed by atoms with Gasteiger partial charge in [0, 0.05) is 6.04 Å². The van der Waals surface area contributed by atoms with Crippen molar-refractivity contribution in [2.24, 2.45) is 11.3 Å². The van der Waals surface area contributed by atoms with Gasteiger partial charge < -0.3 is 0 Å². The summed E-state index contributed by atoms with van der Waals surface area (Å²) >= 11 is 0. The standard InChI is InChI=1S/C12H24N2/c1-10(2)6-7-11(14-13)12(3)8-4-5-9-12/h11,14H,1,4-9,13H2,2-3H3. The van der Waals surface area contributed by atoms with Crippen LogP contribution in [0.15, 0.2) is 12.2 Å². The molecule has 0 bridgehead atoms. The summed E-state index contributed by atoms with van der Waals surface area (Å²) in [5.41, 5.74) is 4.68. The topological polar surface area (TPSA) is 38.0 Å². The van der Waals surface area contributed by atoms with Crippen LogP contribution in [-0.4, -0.2) is 6.04 Å². The number of hydrogen-bond acceptors (Lipinski definition) is 2. The molecule has 2 nitrogen and oxygen atoms in total. The van der Waals surface area contributed by atoms with Crippen LogP contribution >= 0.6 is 0 Å². The molecular formula is C12H24N2. The van der Waals surface area contributed by atoms with Crippen LogP contribution < -0.4 is 11.3 Å². The van der Waals surface area contributed by atoms with Crippen LogP contribution in [0.1, 0.15) is 52.4 Å². The Morgan fingerprint density at radius 1 is 1.50 bits per heavy atom. The largest absolute Gasteiger partial charge is 0.271 e. The van der Waals surface area contributed by atoms with E-state index in [-0.39, 0.29) is 0 Å². The molecule has 3 N–H and O–H groups in total. The van der Waals surface area contributed by atoms with Crippen LogP contribution in [0.5, 0.6) is 0 Å². The van der Waals surface area contributed by atoms with Crippen molar-refractivity contribution in [3.8, 4) is 0 Å². The Morgan fingerprint density at radius 2 is 2.07 bits per heavy atom. The molecule has 1 aliphatic carbocycles. The van der Waals surface area contributed by atoms with E-state index in [0.717, 1.165) is 12.8 Å². The molecule has 0 radical (unpaired) electrons. The minimum Gasteiger partial charge on any atom is -0.271 e. The second-order valence-corrected chi connectivity index (χ2v) is 5.08. The molecule has 1 aliphatic rings. The molecule has 1 atom stereocenters. The van der Waals surface area contributed by atoms with Crippen molar-refractivity contribution in [3.05, 3.63) is 12.2 Å². The van der Waals surface area contributed by atoms with E-state index in [9.17, 15) is 0 Å². The Balaban J connectivity index is 2.47. The first kappa shape index (κ1) is 11.7. The van der Waals surface area contributed by atoms with Crippen LogP contribution in [0, 0.1) is 5.41 Å². The van der Waals surface area contributed by atoms with Crippen LogP contribution in [0.4, 0.5) is 0 Å². The average molecular weight is 196 g/mol. The second-order valence-electron chi connectivity index (χ2n) is 5.08. The summed E-state index contributed by atoms with van der Waals surface area (Å²) in [5, 5.41) is 0. The second kappa shape index (κ2) is 4.94. The maximum absolute atomic E-state index is 5.64. The molecule has 1 fully saturated rings. The summed E-state index contributed by atoms with van der Waals surface area (Å²) in [5.74, 6) is 5.64. The SMILES string of the molecule is C=C(C)CCC(NN)C1(C)CCCC1. The lowest BCUT2D eigenvalue weighted by atomic mass is 9.78. The van der Waals surface area contributed by atoms with Crippen molar-refractivity contribution in [2.45, 2.75) is 58.4 Å². The van der Waals surface area contributed by atoms with Crippen LogP contribution in [-0.2, 0) is 0 Å². The van der Waals surface area contributed by atoms with Crippen molar-refractivity contribution < 1.29 is 0 Å². The monoisotopic (exact) mass is 196 g/mol. The van der Waals surface area contributed by atoms with Gasteiger partial charge in [-0.1, -0.05) is 25.3 Å². The van der Waals surface area contributed by atoms with Crippen molar-refractivity contribution in [2.75, 3.05) is 0 Å². The average Bonchev–Trinajstić information content (AvgIpc) is 2.53. The predicted octanol–water partition coefficient (Wildman–Crippen LogP) is 2.75. The summed E-state index contributed by atoms with van der Waals surface area (Å²) < 4.78 is 0. The minimum absolute atomic E-state index is 0.421. The highest BCUT2D eigenvalue weighted by atomic mass is 15.2. The molecule has 0 aliphatic heterocycles. The van der Waals surface area contributed by atoms with Gasteiger partial charge in [-0.25, -0.2) is 0 Å². The van der Waals surface area contributed by atoms with E-state index >= 15 is 0 Å². The predicted molar refractivity (Wildman–Crippen MR) is 61.7 cm³/mol. The number of nitrogens with one attached hydrogen (secondary N) is 1. The van der Waals surface area contributed by atoms with Crippen molar-refractivity contribution in [1.29, 1.82) is 0 Å². The highest BCUT2D eigenvalue weighted by molar-refractivity contribution is 4.95. The van der Waals surface area contributed by atoms with Gasteiger partial charge >= 0.3 is 0 Å². The smallest absolute Gasteiger partial charge is 0.0267 e. The van der Waals surface area contributed by atoms with Gasteiger partial charge in [0.2, 0.25) is 0 Å². The number of nitrogens with two attached hydrogens (primary N) is 1. The molecular weight excluding hydrogens is 172 g/mol. The van der Waals surface area contributed by atoms with Gasteiger partial charge in [0.1, 0.15) is 0 Å². The van der Waals surface area contributed by atoms with E-state index in [4.69, 9.17) is 5.84 Å². The first-order chi connectivity index (χ1) is 6.58. The zero-order valence-corrected chi connectivity index (χ0v) is 9.60. The minimum atomic E-state index is 0.421. The number of rotatable bonds is 5. The summed E-state index contributed by atoms with van der Waals surface area (Å²) in [4.78, 5) is 0. The molecule has 2 heteroatoms. The van der Waals surface area contributed by atoms with Gasteiger partial charge in [0.05, 0.1) is 0 Å². The molecule has 82 valence electrons. The van der Waals surface area contributed by atoms with E-state index in [0.29, 0.717) is 11.5 Å². The quantitative estimate of drug-likeness (QED) is 0.403. The van der Waals surface area contributed by atoms with E-state index in [1.54, 1.807) is 0 Å². The Bertz CT molecular complexity index is 192. The van der Waals surface area contributed by atoms with Gasteiger partial charge in [0.25, 0.3) is 0 Å². The number of hydrogen-bond donors (Lipinski definition) is 2. The normalized spacial score (nSPS) is 22.2. The van der Waals surface area contributed by atoms with Gasteiger partial charge in [0.15, 0.2) is 0 Å². The van der Waals surface area contributed by atoms with Gasteiger partial charge in [-0.3, -0.25) is 11.3 Å². The molecule has 1 unspecified atom stereocenters. The molecule has 0 amide bonds. The van der Waals surface area contributed by atoms with Crippen molar-refractivity contribution in [3.63, 3.8) is 0 Å². The molecule has 14 heavy (non-hydrogen) atoms. The fraction of sp³-hybridized carbons (Fsp3) is 0.833. The fourth-order valence-electron chi connectivity index (χ4n) is 2.55. The molecule has 0 spiro atoms. The zero-order chi connectivity index (χ0) is 10.6. The van der Waals surface area contributed by atoms with Crippen LogP contribution in [0.2, 0.25) is 0 Å². The van der Waals surface area contributed by atoms with Crippen LogP contribution in [0.3, 0.4) is 0 Å². The fourth-order valence-corrected chi connectivity index (χ4v) is 2.55. The van der Waals surface area contributed by atoms with E-state index < -0.39 is 0 Å². The van der Waals surface area contributed by atoms with E-state index in [1.807, 2.05) is 0 Å². The lowest BCUT2D eigenvalue weighted by Gasteiger charge is -2.33. The lowest BCUT2D eigenvalue weighted by molar-refractivity contribution is 0.211. The summed E-state index contributed by atoms with van der Waals surface area (Å²) in [6.45, 7) is 8.39. The maximum atomic E-state index is 5.64.